The van der Waals surface area contributed by atoms with E-state index in [-0.39, 0.29) is 38.3 Å². The van der Waals surface area contributed by atoms with Gasteiger partial charge < -0.3 is 15.6 Å². The molecule has 4 rings (SSSR count). The van der Waals surface area contributed by atoms with Crippen LogP contribution in [0.3, 0.4) is 0 Å². The Balaban J connectivity index is 1.59. The fourth-order valence-electron chi connectivity index (χ4n) is 3.90. The second-order valence-electron chi connectivity index (χ2n) is 8.46. The van der Waals surface area contributed by atoms with Crippen molar-refractivity contribution in [2.24, 2.45) is 0 Å². The fourth-order valence-corrected chi connectivity index (χ4v) is 5.16. The summed E-state index contributed by atoms with van der Waals surface area (Å²) in [5.41, 5.74) is 6.57. The van der Waals surface area contributed by atoms with Gasteiger partial charge in [0.15, 0.2) is 11.8 Å². The van der Waals surface area contributed by atoms with Crippen LogP contribution in [0.25, 0.3) is 16.8 Å². The van der Waals surface area contributed by atoms with E-state index in [1.807, 2.05) is 0 Å². The van der Waals surface area contributed by atoms with Crippen LogP contribution in [0.1, 0.15) is 16.8 Å². The number of sulfonamides is 1. The van der Waals surface area contributed by atoms with E-state index in [0.29, 0.717) is 5.56 Å². The third-order valence-corrected chi connectivity index (χ3v) is 7.63. The highest BCUT2D eigenvalue weighted by Gasteiger charge is 2.39. The molecule has 0 unspecified atom stereocenters. The van der Waals surface area contributed by atoms with E-state index in [0.717, 1.165) is 10.2 Å². The zero-order valence-corrected chi connectivity index (χ0v) is 20.8. The molecule has 0 atom stereocenters. The van der Waals surface area contributed by atoms with Crippen LogP contribution in [0, 0.1) is 6.92 Å². The first-order valence-electron chi connectivity index (χ1n) is 11.3. The minimum Gasteiger partial charge on any atom is -0.529 e. The highest BCUT2D eigenvalue weighted by atomic mass is 32.2. The largest absolute Gasteiger partial charge is 0.529 e. The molecule has 0 aliphatic rings. The van der Waals surface area contributed by atoms with Crippen molar-refractivity contribution in [2.75, 3.05) is 12.3 Å². The molecule has 0 fully saturated rings. The zero-order chi connectivity index (χ0) is 27.7. The number of aryl methyl sites for hydroxylation is 1. The predicted octanol–water partition coefficient (Wildman–Crippen LogP) is 4.03. The number of hydrogen-bond donors (Lipinski definition) is 1. The highest BCUT2D eigenvalue weighted by Crippen LogP contribution is 2.40. The first-order chi connectivity index (χ1) is 17.9. The molecule has 3 aromatic carbocycles. The van der Waals surface area contributed by atoms with Crippen molar-refractivity contribution < 1.29 is 31.5 Å². The summed E-state index contributed by atoms with van der Waals surface area (Å²) in [6, 6.07) is 19.6. The van der Waals surface area contributed by atoms with Crippen molar-refractivity contribution in [2.45, 2.75) is 24.4 Å². The van der Waals surface area contributed by atoms with E-state index >= 15 is 0 Å². The van der Waals surface area contributed by atoms with Crippen molar-refractivity contribution >= 4 is 21.9 Å². The van der Waals surface area contributed by atoms with E-state index < -0.39 is 34.5 Å². The molecule has 0 spiro atoms. The van der Waals surface area contributed by atoms with Gasteiger partial charge >= 0.3 is 6.18 Å². The van der Waals surface area contributed by atoms with Crippen LogP contribution >= 0.6 is 0 Å². The molecule has 12 heteroatoms. The molecule has 0 saturated heterocycles. The van der Waals surface area contributed by atoms with E-state index in [1.165, 1.54) is 48.5 Å². The Morgan fingerprint density at radius 2 is 1.61 bits per heavy atom. The van der Waals surface area contributed by atoms with Crippen molar-refractivity contribution in [1.82, 2.24) is 14.1 Å². The Morgan fingerprint density at radius 3 is 2.16 bits per heavy atom. The molecule has 2 N–H and O–H groups in total. The van der Waals surface area contributed by atoms with Crippen LogP contribution < -0.4 is 10.8 Å². The van der Waals surface area contributed by atoms with E-state index in [1.54, 1.807) is 37.3 Å². The Bertz CT molecular complexity index is 1550. The quantitative estimate of drug-likeness (QED) is 0.376. The van der Waals surface area contributed by atoms with Crippen LogP contribution in [-0.4, -0.2) is 35.1 Å². The van der Waals surface area contributed by atoms with Crippen LogP contribution in [0.2, 0.25) is 0 Å². The van der Waals surface area contributed by atoms with Gasteiger partial charge in [-0.15, -0.1) is 0 Å². The molecule has 4 aromatic rings. The minimum atomic E-state index is -4.75. The van der Waals surface area contributed by atoms with Gasteiger partial charge in [-0.1, -0.05) is 60.2 Å². The first kappa shape index (κ1) is 26.7. The van der Waals surface area contributed by atoms with Crippen LogP contribution in [0.4, 0.5) is 23.8 Å². The lowest BCUT2D eigenvalue weighted by Gasteiger charge is -2.24. The normalized spacial score (nSPS) is 11.9. The molecule has 198 valence electrons. The van der Waals surface area contributed by atoms with Crippen LogP contribution in [-0.2, 0) is 22.6 Å². The Labute approximate surface area is 216 Å². The highest BCUT2D eigenvalue weighted by molar-refractivity contribution is 7.89. The number of amides is 1. The van der Waals surface area contributed by atoms with Gasteiger partial charge in [0.1, 0.15) is 5.82 Å². The summed E-state index contributed by atoms with van der Waals surface area (Å²) in [5, 5.41) is 15.4. The second kappa shape index (κ2) is 10.2. The summed E-state index contributed by atoms with van der Waals surface area (Å²) in [6.45, 7) is 1.35. The SMILES string of the molecule is Cc1ccc(S(=O)(=O)N(CCc2ccc(-n3nc(C(F)(F)F)c(-c4ccccc4)c3N)cc2)C(=O)[O-])cc1. The van der Waals surface area contributed by atoms with Gasteiger partial charge in [-0.2, -0.15) is 18.3 Å². The number of rotatable bonds is 7. The molecule has 0 aliphatic heterocycles. The van der Waals surface area contributed by atoms with E-state index in [4.69, 9.17) is 5.73 Å². The lowest BCUT2D eigenvalue weighted by Crippen LogP contribution is -2.45. The first-order valence-corrected chi connectivity index (χ1v) is 12.7. The summed E-state index contributed by atoms with van der Waals surface area (Å²) in [6.07, 6.45) is -6.63. The Morgan fingerprint density at radius 1 is 1.00 bits per heavy atom. The average molecular weight is 544 g/mol. The zero-order valence-electron chi connectivity index (χ0n) is 20.0. The lowest BCUT2D eigenvalue weighted by atomic mass is 10.1. The van der Waals surface area contributed by atoms with Gasteiger partial charge in [0, 0.05) is 6.54 Å². The molecule has 0 radical (unpaired) electrons. The van der Waals surface area contributed by atoms with Crippen molar-refractivity contribution in [3.05, 3.63) is 95.7 Å². The Hall–Kier alpha value is -4.32. The molecule has 0 bridgehead atoms. The van der Waals surface area contributed by atoms with E-state index in [9.17, 15) is 31.5 Å². The van der Waals surface area contributed by atoms with Crippen molar-refractivity contribution in [3.63, 3.8) is 0 Å². The number of halogens is 3. The number of carboxylic acid groups (broad SMARTS) is 1. The topological polar surface area (TPSA) is 121 Å². The molecule has 38 heavy (non-hydrogen) atoms. The molecular weight excluding hydrogens is 521 g/mol. The number of nitrogen functional groups attached to an aromatic ring is 1. The molecular formula is C26H22F3N4O4S-. The number of carbonyl (C=O) groups is 1. The molecule has 8 nitrogen and oxygen atoms in total. The summed E-state index contributed by atoms with van der Waals surface area (Å²) < 4.78 is 68.1. The summed E-state index contributed by atoms with van der Waals surface area (Å²) in [4.78, 5) is 11.4. The number of alkyl halides is 3. The van der Waals surface area contributed by atoms with Crippen molar-refractivity contribution in [1.29, 1.82) is 0 Å². The van der Waals surface area contributed by atoms with Gasteiger partial charge in [-0.3, -0.25) is 4.31 Å². The number of nitrogens with two attached hydrogens (primary N) is 1. The monoisotopic (exact) mass is 543 g/mol. The predicted molar refractivity (Wildman–Crippen MR) is 133 cm³/mol. The van der Waals surface area contributed by atoms with Crippen molar-refractivity contribution in [3.8, 4) is 16.8 Å². The molecule has 1 aromatic heterocycles. The van der Waals surface area contributed by atoms with Gasteiger partial charge in [-0.05, 0) is 48.7 Å². The summed E-state index contributed by atoms with van der Waals surface area (Å²) in [5.74, 6) is -0.205. The fraction of sp³-hybridized carbons (Fsp3) is 0.154. The van der Waals surface area contributed by atoms with Gasteiger partial charge in [0.2, 0.25) is 0 Å². The number of hydrogen-bond acceptors (Lipinski definition) is 6. The Kier molecular flexibility index (Phi) is 7.18. The number of anilines is 1. The maximum atomic E-state index is 13.7. The lowest BCUT2D eigenvalue weighted by molar-refractivity contribution is -0.259. The number of aromatic nitrogens is 2. The number of benzene rings is 3. The third kappa shape index (κ3) is 5.35. The third-order valence-electron chi connectivity index (χ3n) is 5.85. The average Bonchev–Trinajstić information content (AvgIpc) is 3.22. The van der Waals surface area contributed by atoms with Gasteiger partial charge in [0.05, 0.1) is 16.1 Å². The smallest absolute Gasteiger partial charge is 0.435 e. The maximum Gasteiger partial charge on any atom is 0.435 e. The molecule has 1 amide bonds. The van der Waals surface area contributed by atoms with E-state index in [2.05, 4.69) is 5.10 Å². The molecule has 0 aliphatic carbocycles. The number of nitrogens with zero attached hydrogens (tertiary/aromatic N) is 3. The minimum absolute atomic E-state index is 0.00297. The van der Waals surface area contributed by atoms with Crippen LogP contribution in [0.5, 0.6) is 0 Å². The van der Waals surface area contributed by atoms with Crippen LogP contribution in [0.15, 0.2) is 83.8 Å². The molecule has 0 saturated carbocycles. The van der Waals surface area contributed by atoms with Gasteiger partial charge in [-0.25, -0.2) is 13.1 Å². The summed E-state index contributed by atoms with van der Waals surface area (Å²) in [7, 11) is -4.35. The number of carbonyl (C=O) groups excluding carboxylic acids is 1. The maximum absolute atomic E-state index is 13.7. The molecule has 1 heterocycles. The summed E-state index contributed by atoms with van der Waals surface area (Å²) >= 11 is 0. The van der Waals surface area contributed by atoms with Gasteiger partial charge in [0.25, 0.3) is 10.0 Å². The standard InChI is InChI=1S/C26H23F3N4O4S/c1-17-7-13-21(14-8-17)38(36,37)32(25(34)35)16-15-18-9-11-20(12-10-18)33-24(30)22(19-5-3-2-4-6-19)23(31-33)26(27,28)29/h2-14H,15-16,30H2,1H3,(H,34,35)/p-1. The second-order valence-corrected chi connectivity index (χ2v) is 10.3.